The van der Waals surface area contributed by atoms with Gasteiger partial charge in [0.15, 0.2) is 5.78 Å². The molecular weight excluding hydrogens is 256 g/mol. The van der Waals surface area contributed by atoms with Crippen molar-refractivity contribution in [1.82, 2.24) is 5.32 Å². The molecule has 1 rings (SSSR count). The molecule has 1 amide bonds. The number of amides is 1. The van der Waals surface area contributed by atoms with Gasteiger partial charge >= 0.3 is 0 Å². The van der Waals surface area contributed by atoms with Gasteiger partial charge in [0.25, 0.3) is 0 Å². The molecule has 0 unspecified atom stereocenters. The van der Waals surface area contributed by atoms with Crippen LogP contribution in [-0.2, 0) is 4.79 Å². The van der Waals surface area contributed by atoms with Crippen molar-refractivity contribution >= 4 is 11.7 Å². The van der Waals surface area contributed by atoms with Crippen LogP contribution in [0.3, 0.4) is 0 Å². The van der Waals surface area contributed by atoms with Gasteiger partial charge in [0.05, 0.1) is 6.61 Å². The van der Waals surface area contributed by atoms with Gasteiger partial charge in [0, 0.05) is 18.5 Å². The van der Waals surface area contributed by atoms with E-state index in [2.05, 4.69) is 5.32 Å². The summed E-state index contributed by atoms with van der Waals surface area (Å²) >= 11 is 0. The van der Waals surface area contributed by atoms with Gasteiger partial charge < -0.3 is 15.8 Å². The fourth-order valence-corrected chi connectivity index (χ4v) is 1.65. The van der Waals surface area contributed by atoms with Crippen LogP contribution in [-0.4, -0.2) is 31.4 Å². The van der Waals surface area contributed by atoms with Gasteiger partial charge in [-0.1, -0.05) is 12.1 Å². The highest BCUT2D eigenvalue weighted by Crippen LogP contribution is 2.14. The summed E-state index contributed by atoms with van der Waals surface area (Å²) in [6, 6.07) is 7.04. The second kappa shape index (κ2) is 9.09. The first-order chi connectivity index (χ1) is 9.63. The molecule has 5 heteroatoms. The molecule has 20 heavy (non-hydrogen) atoms. The summed E-state index contributed by atoms with van der Waals surface area (Å²) < 4.78 is 5.52. The van der Waals surface area contributed by atoms with Crippen LogP contribution in [0.2, 0.25) is 0 Å². The van der Waals surface area contributed by atoms with E-state index in [1.54, 1.807) is 24.3 Å². The first kappa shape index (κ1) is 16.2. The molecular formula is C15H22N2O3. The Kier molecular flexibility index (Phi) is 7.35. The van der Waals surface area contributed by atoms with E-state index in [9.17, 15) is 9.59 Å². The van der Waals surface area contributed by atoms with Gasteiger partial charge in [-0.15, -0.1) is 0 Å². The maximum absolute atomic E-state index is 11.4. The van der Waals surface area contributed by atoms with Crippen LogP contribution >= 0.6 is 0 Å². The molecule has 0 fully saturated rings. The Morgan fingerprint density at radius 1 is 1.30 bits per heavy atom. The van der Waals surface area contributed by atoms with Crippen molar-refractivity contribution < 1.29 is 14.3 Å². The Labute approximate surface area is 119 Å². The number of nitrogens with one attached hydrogen (secondary N) is 1. The lowest BCUT2D eigenvalue weighted by molar-refractivity contribution is -0.121. The summed E-state index contributed by atoms with van der Waals surface area (Å²) in [5.41, 5.74) is 5.97. The summed E-state index contributed by atoms with van der Waals surface area (Å²) in [5, 5.41) is 2.79. The third kappa shape index (κ3) is 6.33. The van der Waals surface area contributed by atoms with Crippen molar-refractivity contribution in [3.63, 3.8) is 0 Å². The van der Waals surface area contributed by atoms with Gasteiger partial charge in [0.2, 0.25) is 5.91 Å². The van der Waals surface area contributed by atoms with Crippen LogP contribution in [0.5, 0.6) is 5.75 Å². The van der Waals surface area contributed by atoms with Crippen molar-refractivity contribution in [2.75, 3.05) is 19.7 Å². The highest BCUT2D eigenvalue weighted by Gasteiger charge is 2.03. The molecule has 0 aliphatic rings. The van der Waals surface area contributed by atoms with E-state index >= 15 is 0 Å². The quantitative estimate of drug-likeness (QED) is 0.530. The number of nitrogens with two attached hydrogens (primary N) is 1. The highest BCUT2D eigenvalue weighted by molar-refractivity contribution is 5.94. The predicted molar refractivity (Wildman–Crippen MR) is 77.9 cm³/mol. The lowest BCUT2D eigenvalue weighted by Crippen LogP contribution is -2.26. The first-order valence-electron chi connectivity index (χ1n) is 6.84. The van der Waals surface area contributed by atoms with E-state index in [1.165, 1.54) is 6.92 Å². The van der Waals surface area contributed by atoms with Crippen molar-refractivity contribution in [3.05, 3.63) is 29.8 Å². The molecule has 0 saturated heterocycles. The molecule has 0 atom stereocenters. The Bertz CT molecular complexity index is 446. The minimum Gasteiger partial charge on any atom is -0.494 e. The summed E-state index contributed by atoms with van der Waals surface area (Å²) in [4.78, 5) is 22.6. The van der Waals surface area contributed by atoms with Crippen molar-refractivity contribution in [2.45, 2.75) is 26.2 Å². The highest BCUT2D eigenvalue weighted by atomic mass is 16.5. The molecule has 0 aliphatic heterocycles. The third-order valence-corrected chi connectivity index (χ3v) is 2.76. The molecule has 1 aromatic carbocycles. The zero-order chi connectivity index (χ0) is 14.8. The number of benzene rings is 1. The monoisotopic (exact) mass is 278 g/mol. The average Bonchev–Trinajstić information content (AvgIpc) is 2.44. The van der Waals surface area contributed by atoms with Gasteiger partial charge in [-0.25, -0.2) is 0 Å². The molecule has 1 aromatic rings. The summed E-state index contributed by atoms with van der Waals surface area (Å²) in [6.07, 6.45) is 1.86. The maximum atomic E-state index is 11.4. The SMILES string of the molecule is CC(=O)c1cccc(OCCCC(=O)NCCCN)c1. The smallest absolute Gasteiger partial charge is 0.220 e. The van der Waals surface area contributed by atoms with E-state index in [4.69, 9.17) is 10.5 Å². The number of hydrogen-bond acceptors (Lipinski definition) is 4. The molecule has 0 spiro atoms. The molecule has 0 aromatic heterocycles. The summed E-state index contributed by atoms with van der Waals surface area (Å²) in [7, 11) is 0. The zero-order valence-corrected chi connectivity index (χ0v) is 11.9. The van der Waals surface area contributed by atoms with Gasteiger partial charge in [-0.3, -0.25) is 9.59 Å². The molecule has 5 nitrogen and oxygen atoms in total. The van der Waals surface area contributed by atoms with Crippen molar-refractivity contribution in [2.24, 2.45) is 5.73 Å². The minimum atomic E-state index is 0.00901. The second-order valence-electron chi connectivity index (χ2n) is 4.53. The fraction of sp³-hybridized carbons (Fsp3) is 0.467. The number of ether oxygens (including phenoxy) is 1. The lowest BCUT2D eigenvalue weighted by atomic mass is 10.1. The average molecular weight is 278 g/mol. The number of Topliss-reactive ketones (excluding diaryl/α,β-unsaturated/α-hetero) is 1. The van der Waals surface area contributed by atoms with Gasteiger partial charge in [0.1, 0.15) is 5.75 Å². The molecule has 0 saturated carbocycles. The zero-order valence-electron chi connectivity index (χ0n) is 11.9. The third-order valence-electron chi connectivity index (χ3n) is 2.76. The molecule has 0 aliphatic carbocycles. The molecule has 0 bridgehead atoms. The van der Waals surface area contributed by atoms with E-state index < -0.39 is 0 Å². The number of hydrogen-bond donors (Lipinski definition) is 2. The molecule has 3 N–H and O–H groups in total. The van der Waals surface area contributed by atoms with E-state index in [0.29, 0.717) is 43.9 Å². The van der Waals surface area contributed by atoms with Crippen LogP contribution < -0.4 is 15.8 Å². The van der Waals surface area contributed by atoms with Gasteiger partial charge in [-0.2, -0.15) is 0 Å². The Hall–Kier alpha value is -1.88. The van der Waals surface area contributed by atoms with E-state index in [1.807, 2.05) is 0 Å². The maximum Gasteiger partial charge on any atom is 0.220 e. The van der Waals surface area contributed by atoms with E-state index in [-0.39, 0.29) is 11.7 Å². The number of ketones is 1. The predicted octanol–water partition coefficient (Wildman–Crippen LogP) is 1.51. The minimum absolute atomic E-state index is 0.00901. The molecule has 110 valence electrons. The number of carbonyl (C=O) groups excluding carboxylic acids is 2. The van der Waals surface area contributed by atoms with Crippen LogP contribution in [0.15, 0.2) is 24.3 Å². The van der Waals surface area contributed by atoms with Crippen LogP contribution in [0.25, 0.3) is 0 Å². The molecule has 0 radical (unpaired) electrons. The fourth-order valence-electron chi connectivity index (χ4n) is 1.65. The summed E-state index contributed by atoms with van der Waals surface area (Å²) in [6.45, 7) is 3.17. The topological polar surface area (TPSA) is 81.4 Å². The Balaban J connectivity index is 2.22. The lowest BCUT2D eigenvalue weighted by Gasteiger charge is -2.07. The standard InChI is InChI=1S/C15H22N2O3/c1-12(18)13-5-2-6-14(11-13)20-10-3-7-15(19)17-9-4-8-16/h2,5-6,11H,3-4,7-10,16H2,1H3,(H,17,19). The summed E-state index contributed by atoms with van der Waals surface area (Å²) in [5.74, 6) is 0.676. The first-order valence-corrected chi connectivity index (χ1v) is 6.84. The van der Waals surface area contributed by atoms with Crippen LogP contribution in [0.1, 0.15) is 36.5 Å². The van der Waals surface area contributed by atoms with Gasteiger partial charge in [-0.05, 0) is 38.4 Å². The van der Waals surface area contributed by atoms with Crippen molar-refractivity contribution in [1.29, 1.82) is 0 Å². The number of carbonyl (C=O) groups is 2. The molecule has 0 heterocycles. The largest absolute Gasteiger partial charge is 0.494 e. The van der Waals surface area contributed by atoms with E-state index in [0.717, 1.165) is 6.42 Å². The second-order valence-corrected chi connectivity index (χ2v) is 4.53. The Morgan fingerprint density at radius 3 is 2.80 bits per heavy atom. The normalized spacial score (nSPS) is 10.1. The number of rotatable bonds is 9. The Morgan fingerprint density at radius 2 is 2.10 bits per heavy atom. The van der Waals surface area contributed by atoms with Crippen LogP contribution in [0.4, 0.5) is 0 Å². The van der Waals surface area contributed by atoms with Crippen LogP contribution in [0, 0.1) is 0 Å². The van der Waals surface area contributed by atoms with Crippen molar-refractivity contribution in [3.8, 4) is 5.75 Å².